The Balaban J connectivity index is 2.07. The van der Waals surface area contributed by atoms with Crippen molar-refractivity contribution in [2.45, 2.75) is 65.5 Å². The molecule has 8 nitrogen and oxygen atoms in total. The van der Waals surface area contributed by atoms with Crippen molar-refractivity contribution >= 4 is 51.3 Å². The molecule has 2 heterocycles. The fraction of sp³-hybridized carbons (Fsp3) is 0.522. The van der Waals surface area contributed by atoms with Crippen LogP contribution in [0.25, 0.3) is 11.2 Å². The van der Waals surface area contributed by atoms with Gasteiger partial charge < -0.3 is 13.7 Å². The van der Waals surface area contributed by atoms with Gasteiger partial charge in [0.2, 0.25) is 0 Å². The summed E-state index contributed by atoms with van der Waals surface area (Å²) in [6.07, 6.45) is 0. The Morgan fingerprint density at radius 3 is 2.32 bits per heavy atom. The van der Waals surface area contributed by atoms with E-state index in [0.29, 0.717) is 35.6 Å². The van der Waals surface area contributed by atoms with Crippen LogP contribution in [-0.4, -0.2) is 40.7 Å². The van der Waals surface area contributed by atoms with E-state index < -0.39 is 8.32 Å². The van der Waals surface area contributed by atoms with Crippen LogP contribution in [0, 0.1) is 0 Å². The van der Waals surface area contributed by atoms with Crippen LogP contribution in [0.5, 0.6) is 5.75 Å². The van der Waals surface area contributed by atoms with Gasteiger partial charge in [0.1, 0.15) is 5.75 Å². The predicted octanol–water partition coefficient (Wildman–Crippen LogP) is 4.98. The van der Waals surface area contributed by atoms with Crippen molar-refractivity contribution in [2.75, 3.05) is 13.7 Å². The Bertz CT molecular complexity index is 1320. The summed E-state index contributed by atoms with van der Waals surface area (Å²) in [7, 11) is -0.368. The number of nitrogens with zero attached hydrogens (tertiary/aromatic N) is 4. The molecule has 0 fully saturated rings. The second kappa shape index (κ2) is 10.1. The number of methoxy groups -OCH3 is 1. The van der Waals surface area contributed by atoms with Gasteiger partial charge in [-0.3, -0.25) is 13.9 Å². The van der Waals surface area contributed by atoms with Gasteiger partial charge in [0.05, 0.1) is 31.3 Å². The molecule has 0 aliphatic carbocycles. The molecular formula is C23H32Br2N4O4Si. The highest BCUT2D eigenvalue weighted by molar-refractivity contribution is 9.10. The van der Waals surface area contributed by atoms with Gasteiger partial charge in [0, 0.05) is 6.54 Å². The van der Waals surface area contributed by atoms with Gasteiger partial charge in [0.15, 0.2) is 24.2 Å². The zero-order valence-electron chi connectivity index (χ0n) is 20.7. The van der Waals surface area contributed by atoms with Gasteiger partial charge in [-0.2, -0.15) is 0 Å². The van der Waals surface area contributed by atoms with E-state index in [4.69, 9.17) is 9.16 Å². The lowest BCUT2D eigenvalue weighted by Crippen LogP contribution is -2.43. The molecule has 11 heteroatoms. The van der Waals surface area contributed by atoms with E-state index in [-0.39, 0.29) is 22.8 Å². The Kier molecular flexibility index (Phi) is 8.01. The number of hydrogen-bond donors (Lipinski definition) is 0. The molecule has 2 aromatic heterocycles. The molecule has 0 unspecified atom stereocenters. The normalized spacial score (nSPS) is 12.5. The summed E-state index contributed by atoms with van der Waals surface area (Å²) < 4.78 is 17.5. The van der Waals surface area contributed by atoms with E-state index >= 15 is 0 Å². The first-order valence-corrected chi connectivity index (χ1v) is 15.7. The lowest BCUT2D eigenvalue weighted by atomic mass is 10.2. The van der Waals surface area contributed by atoms with Crippen molar-refractivity contribution in [1.29, 1.82) is 0 Å². The van der Waals surface area contributed by atoms with Crippen LogP contribution in [0.15, 0.2) is 37.0 Å². The summed E-state index contributed by atoms with van der Waals surface area (Å²) in [4.78, 5) is 31.1. The minimum Gasteiger partial charge on any atom is -0.496 e. The maximum absolute atomic E-state index is 13.3. The molecule has 0 aliphatic heterocycles. The molecule has 34 heavy (non-hydrogen) atoms. The average Bonchev–Trinajstić information content (AvgIpc) is 3.06. The fourth-order valence-corrected chi connectivity index (χ4v) is 5.58. The molecule has 0 amide bonds. The zero-order valence-corrected chi connectivity index (χ0v) is 24.9. The maximum Gasteiger partial charge on any atom is 0.332 e. The number of rotatable bonds is 8. The first-order chi connectivity index (χ1) is 15.8. The van der Waals surface area contributed by atoms with E-state index in [1.54, 1.807) is 23.2 Å². The Morgan fingerprint density at radius 1 is 1.09 bits per heavy atom. The van der Waals surface area contributed by atoms with E-state index in [1.807, 2.05) is 18.2 Å². The largest absolute Gasteiger partial charge is 0.496 e. The molecular weight excluding hydrogens is 584 g/mol. The number of halogens is 2. The van der Waals surface area contributed by atoms with Crippen LogP contribution in [0.4, 0.5) is 0 Å². The number of imidazole rings is 1. The molecule has 0 bridgehead atoms. The van der Waals surface area contributed by atoms with Crippen molar-refractivity contribution in [1.82, 2.24) is 18.7 Å². The van der Waals surface area contributed by atoms with E-state index in [0.717, 1.165) is 15.8 Å². The van der Waals surface area contributed by atoms with Gasteiger partial charge in [-0.1, -0.05) is 26.8 Å². The first-order valence-electron chi connectivity index (χ1n) is 11.2. The molecule has 0 spiro atoms. The summed E-state index contributed by atoms with van der Waals surface area (Å²) in [5.41, 5.74) is 0.970. The van der Waals surface area contributed by atoms with Gasteiger partial charge in [0.25, 0.3) is 5.56 Å². The topological polar surface area (TPSA) is 80.3 Å². The van der Waals surface area contributed by atoms with Crippen molar-refractivity contribution in [3.05, 3.63) is 53.8 Å². The summed E-state index contributed by atoms with van der Waals surface area (Å²) in [6, 6.07) is 5.74. The third kappa shape index (κ3) is 5.12. The molecule has 3 rings (SSSR count). The van der Waals surface area contributed by atoms with Gasteiger partial charge >= 0.3 is 5.69 Å². The molecule has 186 valence electrons. The number of benzene rings is 1. The lowest BCUT2D eigenvalue weighted by Gasteiger charge is -2.36. The summed E-state index contributed by atoms with van der Waals surface area (Å²) in [5, 5.41) is 0.0622. The first kappa shape index (κ1) is 26.9. The molecule has 0 N–H and O–H groups in total. The second-order valence-electron chi connectivity index (χ2n) is 9.70. The van der Waals surface area contributed by atoms with Crippen LogP contribution in [0.3, 0.4) is 0 Å². The van der Waals surface area contributed by atoms with Crippen molar-refractivity contribution in [3.8, 4) is 5.75 Å². The van der Waals surface area contributed by atoms with Crippen molar-refractivity contribution in [3.63, 3.8) is 0 Å². The zero-order chi connectivity index (χ0) is 25.4. The van der Waals surface area contributed by atoms with Crippen LogP contribution in [0.2, 0.25) is 18.1 Å². The number of aromatic nitrogens is 4. The van der Waals surface area contributed by atoms with Gasteiger partial charge in [-0.25, -0.2) is 9.78 Å². The Morgan fingerprint density at radius 2 is 1.76 bits per heavy atom. The summed E-state index contributed by atoms with van der Waals surface area (Å²) in [5.74, 6) is 0.724. The van der Waals surface area contributed by atoms with Crippen molar-refractivity contribution in [2.24, 2.45) is 0 Å². The highest BCUT2D eigenvalue weighted by Crippen LogP contribution is 2.36. The average molecular weight is 616 g/mol. The molecule has 0 atom stereocenters. The maximum atomic E-state index is 13.3. The molecule has 0 saturated carbocycles. The number of hydrogen-bond acceptors (Lipinski definition) is 5. The highest BCUT2D eigenvalue weighted by atomic mass is 79.9. The Labute approximate surface area is 217 Å². The van der Waals surface area contributed by atoms with Crippen LogP contribution >= 0.6 is 31.9 Å². The minimum atomic E-state index is -1.98. The van der Waals surface area contributed by atoms with E-state index in [2.05, 4.69) is 70.7 Å². The molecule has 1 aromatic carbocycles. The van der Waals surface area contributed by atoms with Crippen LogP contribution < -0.4 is 16.0 Å². The third-order valence-electron chi connectivity index (χ3n) is 6.52. The third-order valence-corrected chi connectivity index (χ3v) is 12.3. The summed E-state index contributed by atoms with van der Waals surface area (Å²) >= 11 is 7.02. The minimum absolute atomic E-state index is 0.0622. The highest BCUT2D eigenvalue weighted by Gasteiger charge is 2.37. The monoisotopic (exact) mass is 614 g/mol. The SMILES string of the molecule is CCn1c(=O)c2c(nc(Br)n2Cc2ccc(OC)c(Br)c2)n(CCO[Si](C)(C)C(C)(C)C)c1=O. The molecule has 0 aliphatic rings. The molecule has 0 radical (unpaired) electrons. The van der Waals surface area contributed by atoms with E-state index in [1.165, 1.54) is 4.57 Å². The quantitative estimate of drug-likeness (QED) is 0.264. The number of fused-ring (bicyclic) bond motifs is 1. The second-order valence-corrected chi connectivity index (χ2v) is 16.1. The van der Waals surface area contributed by atoms with Crippen molar-refractivity contribution < 1.29 is 9.16 Å². The predicted molar refractivity (Wildman–Crippen MR) is 145 cm³/mol. The van der Waals surface area contributed by atoms with Gasteiger partial charge in [-0.15, -0.1) is 0 Å². The van der Waals surface area contributed by atoms with Gasteiger partial charge in [-0.05, 0) is 74.6 Å². The standard InChI is InChI=1S/C23H32Br2N4O4Si/c1-8-27-20(30)18-19(28(22(27)31)11-12-33-34(6,7)23(2,3)4)26-21(25)29(18)14-15-9-10-17(32-5)16(24)13-15/h9-10,13H,8,11-12,14H2,1-7H3. The smallest absolute Gasteiger partial charge is 0.332 e. The fourth-order valence-electron chi connectivity index (χ4n) is 3.49. The van der Waals surface area contributed by atoms with Crippen LogP contribution in [-0.2, 0) is 24.1 Å². The lowest BCUT2D eigenvalue weighted by molar-refractivity contribution is 0.270. The molecule has 0 saturated heterocycles. The number of ether oxygens (including phenoxy) is 1. The summed E-state index contributed by atoms with van der Waals surface area (Å²) in [6.45, 7) is 14.0. The Hall–Kier alpha value is -1.69. The van der Waals surface area contributed by atoms with E-state index in [9.17, 15) is 9.59 Å². The molecule has 3 aromatic rings. The van der Waals surface area contributed by atoms with Crippen LogP contribution in [0.1, 0.15) is 33.3 Å².